The lowest BCUT2D eigenvalue weighted by Gasteiger charge is -2.31. The Hall–Kier alpha value is -0.160. The molecular weight excluding hydrogens is 146 g/mol. The number of rotatable bonds is 4. The standard InChI is InChI=1S/C7H16NO3/c1-6(2)7(3,4)10-11-8(5)9/h6H,1-5H3/q-1. The van der Waals surface area contributed by atoms with E-state index in [9.17, 15) is 5.21 Å². The number of nitrogens with zero attached hydrogens (tertiary/aromatic N) is 1. The smallest absolute Gasteiger partial charge is 0.102 e. The molecule has 0 aromatic heterocycles. The number of hydrogen-bond donors (Lipinski definition) is 0. The summed E-state index contributed by atoms with van der Waals surface area (Å²) in [7, 11) is 1.23. The molecule has 0 aromatic rings. The largest absolute Gasteiger partial charge is 0.760 e. The minimum absolute atomic E-state index is 0.282. The van der Waals surface area contributed by atoms with Crippen LogP contribution in [0.3, 0.4) is 0 Å². The van der Waals surface area contributed by atoms with Crippen LogP contribution >= 0.6 is 0 Å². The van der Waals surface area contributed by atoms with Gasteiger partial charge in [-0.15, -0.1) is 0 Å². The third-order valence-electron chi connectivity index (χ3n) is 1.75. The Bertz CT molecular complexity index is 112. The zero-order valence-corrected chi connectivity index (χ0v) is 7.75. The Morgan fingerprint density at radius 2 is 1.82 bits per heavy atom. The van der Waals surface area contributed by atoms with Crippen molar-refractivity contribution in [2.75, 3.05) is 7.05 Å². The van der Waals surface area contributed by atoms with Gasteiger partial charge in [0.1, 0.15) is 5.60 Å². The summed E-state index contributed by atoms with van der Waals surface area (Å²) in [5, 5.41) is 10.6. The molecule has 0 amide bonds. The van der Waals surface area contributed by atoms with Gasteiger partial charge in [-0.1, -0.05) is 13.8 Å². The Morgan fingerprint density at radius 3 is 2.09 bits per heavy atom. The highest BCUT2D eigenvalue weighted by Gasteiger charge is 2.24. The van der Waals surface area contributed by atoms with Crippen LogP contribution in [0.25, 0.3) is 0 Å². The van der Waals surface area contributed by atoms with Gasteiger partial charge in [-0.3, -0.25) is 0 Å². The molecule has 0 N–H and O–H groups in total. The van der Waals surface area contributed by atoms with Crippen LogP contribution < -0.4 is 0 Å². The molecule has 0 saturated carbocycles. The lowest BCUT2D eigenvalue weighted by atomic mass is 9.95. The summed E-state index contributed by atoms with van der Waals surface area (Å²) >= 11 is 0. The first kappa shape index (κ1) is 10.8. The van der Waals surface area contributed by atoms with Crippen LogP contribution in [0, 0.1) is 11.1 Å². The molecule has 0 aromatic carbocycles. The van der Waals surface area contributed by atoms with Gasteiger partial charge in [-0.25, -0.2) is 10.1 Å². The Labute approximate surface area is 67.5 Å². The Kier molecular flexibility index (Phi) is 3.96. The van der Waals surface area contributed by atoms with Crippen molar-refractivity contribution in [3.63, 3.8) is 0 Å². The fraction of sp³-hybridized carbons (Fsp3) is 1.00. The average molecular weight is 162 g/mol. The van der Waals surface area contributed by atoms with Gasteiger partial charge < -0.3 is 5.21 Å². The van der Waals surface area contributed by atoms with Crippen LogP contribution in [0.2, 0.25) is 0 Å². The van der Waals surface area contributed by atoms with Crippen molar-refractivity contribution < 1.29 is 9.88 Å². The van der Waals surface area contributed by atoms with Crippen LogP contribution in [-0.4, -0.2) is 17.9 Å². The lowest BCUT2D eigenvalue weighted by Crippen LogP contribution is -2.33. The van der Waals surface area contributed by atoms with E-state index in [0.717, 1.165) is 0 Å². The molecule has 0 bridgehead atoms. The van der Waals surface area contributed by atoms with Crippen molar-refractivity contribution in [2.45, 2.75) is 33.3 Å². The van der Waals surface area contributed by atoms with Gasteiger partial charge in [-0.05, 0) is 19.8 Å². The molecule has 0 aliphatic carbocycles. The predicted octanol–water partition coefficient (Wildman–Crippen LogP) is 1.71. The number of hydroxylamine groups is 2. The predicted molar refractivity (Wildman–Crippen MR) is 42.2 cm³/mol. The molecule has 0 aliphatic rings. The van der Waals surface area contributed by atoms with E-state index in [2.05, 4.69) is 4.99 Å². The van der Waals surface area contributed by atoms with Gasteiger partial charge in [0.25, 0.3) is 0 Å². The van der Waals surface area contributed by atoms with E-state index in [1.165, 1.54) is 7.05 Å². The molecule has 4 heteroatoms. The van der Waals surface area contributed by atoms with Crippen molar-refractivity contribution in [1.82, 2.24) is 5.23 Å². The van der Waals surface area contributed by atoms with E-state index < -0.39 is 5.60 Å². The Balaban J connectivity index is 3.73. The highest BCUT2D eigenvalue weighted by Crippen LogP contribution is 2.20. The lowest BCUT2D eigenvalue weighted by molar-refractivity contribution is -0.450. The molecule has 0 spiro atoms. The maximum absolute atomic E-state index is 10.3. The van der Waals surface area contributed by atoms with Gasteiger partial charge in [0.05, 0.1) is 0 Å². The quantitative estimate of drug-likeness (QED) is 0.466. The highest BCUT2D eigenvalue weighted by molar-refractivity contribution is 4.70. The molecule has 0 unspecified atom stereocenters. The zero-order chi connectivity index (χ0) is 9.07. The molecule has 0 saturated heterocycles. The molecule has 4 nitrogen and oxygen atoms in total. The van der Waals surface area contributed by atoms with Crippen molar-refractivity contribution in [3.05, 3.63) is 5.21 Å². The summed E-state index contributed by atoms with van der Waals surface area (Å²) in [6.07, 6.45) is 0. The molecule has 0 aliphatic heterocycles. The van der Waals surface area contributed by atoms with Crippen molar-refractivity contribution in [2.24, 2.45) is 5.92 Å². The first-order valence-electron chi connectivity index (χ1n) is 3.63. The number of hydrogen-bond acceptors (Lipinski definition) is 4. The zero-order valence-electron chi connectivity index (χ0n) is 7.75. The molecule has 68 valence electrons. The molecule has 0 heterocycles. The van der Waals surface area contributed by atoms with Gasteiger partial charge in [0, 0.05) is 7.05 Å². The third kappa shape index (κ3) is 4.31. The first-order valence-corrected chi connectivity index (χ1v) is 3.63. The SMILES string of the molecule is CC(C)C(C)(C)OON(C)[O-]. The first-order chi connectivity index (χ1) is 4.86. The van der Waals surface area contributed by atoms with E-state index >= 15 is 0 Å². The molecule has 0 rings (SSSR count). The second-order valence-corrected chi connectivity index (χ2v) is 3.36. The molecule has 0 fully saturated rings. The Morgan fingerprint density at radius 1 is 1.36 bits per heavy atom. The van der Waals surface area contributed by atoms with Crippen LogP contribution in [0.15, 0.2) is 0 Å². The third-order valence-corrected chi connectivity index (χ3v) is 1.75. The van der Waals surface area contributed by atoms with Gasteiger partial charge in [-0.2, -0.15) is 4.99 Å². The van der Waals surface area contributed by atoms with Crippen molar-refractivity contribution in [1.29, 1.82) is 0 Å². The minimum atomic E-state index is -0.432. The van der Waals surface area contributed by atoms with E-state index in [1.54, 1.807) is 0 Å². The summed E-state index contributed by atoms with van der Waals surface area (Å²) < 4.78 is 0. The maximum Gasteiger partial charge on any atom is 0.102 e. The van der Waals surface area contributed by atoms with E-state index in [-0.39, 0.29) is 5.23 Å². The normalized spacial score (nSPS) is 13.1. The second-order valence-electron chi connectivity index (χ2n) is 3.36. The summed E-state index contributed by atoms with van der Waals surface area (Å²) in [6, 6.07) is 0. The fourth-order valence-electron chi connectivity index (χ4n) is 0.245. The van der Waals surface area contributed by atoms with E-state index in [1.807, 2.05) is 27.7 Å². The van der Waals surface area contributed by atoms with Crippen molar-refractivity contribution in [3.8, 4) is 0 Å². The summed E-state index contributed by atoms with van der Waals surface area (Å²) in [6.45, 7) is 7.71. The molecule has 11 heavy (non-hydrogen) atoms. The summed E-state index contributed by atoms with van der Waals surface area (Å²) in [5.41, 5.74) is -0.432. The molecule has 0 atom stereocenters. The fourth-order valence-corrected chi connectivity index (χ4v) is 0.245. The summed E-state index contributed by atoms with van der Waals surface area (Å²) in [4.78, 5) is 9.21. The monoisotopic (exact) mass is 162 g/mol. The maximum atomic E-state index is 10.3. The topological polar surface area (TPSA) is 44.8 Å². The van der Waals surface area contributed by atoms with Gasteiger partial charge >= 0.3 is 0 Å². The average Bonchev–Trinajstić information content (AvgIpc) is 1.84. The van der Waals surface area contributed by atoms with Gasteiger partial charge in [0.2, 0.25) is 0 Å². The summed E-state index contributed by atoms with van der Waals surface area (Å²) in [5.74, 6) is 0.294. The second kappa shape index (κ2) is 4.01. The molecule has 0 radical (unpaired) electrons. The van der Waals surface area contributed by atoms with E-state index in [0.29, 0.717) is 5.92 Å². The minimum Gasteiger partial charge on any atom is -0.760 e. The van der Waals surface area contributed by atoms with Crippen LogP contribution in [0.4, 0.5) is 0 Å². The van der Waals surface area contributed by atoms with Crippen molar-refractivity contribution >= 4 is 0 Å². The van der Waals surface area contributed by atoms with E-state index in [4.69, 9.17) is 4.89 Å². The van der Waals surface area contributed by atoms with Gasteiger partial charge in [0.15, 0.2) is 0 Å². The van der Waals surface area contributed by atoms with Crippen LogP contribution in [0.5, 0.6) is 0 Å². The van der Waals surface area contributed by atoms with Crippen LogP contribution in [0.1, 0.15) is 27.7 Å². The molecular formula is C7H16NO3-. The highest BCUT2D eigenvalue weighted by atomic mass is 17.3. The van der Waals surface area contributed by atoms with Crippen LogP contribution in [-0.2, 0) is 9.88 Å².